The molecule has 0 saturated carbocycles. The van der Waals surface area contributed by atoms with Crippen molar-refractivity contribution in [2.24, 2.45) is 11.7 Å². The predicted octanol–water partition coefficient (Wildman–Crippen LogP) is 1.57. The van der Waals surface area contributed by atoms with Crippen LogP contribution < -0.4 is 5.73 Å². The molecule has 0 amide bonds. The lowest BCUT2D eigenvalue weighted by Gasteiger charge is -2.29. The van der Waals surface area contributed by atoms with Gasteiger partial charge in [0.2, 0.25) is 0 Å². The Balaban J connectivity index is 2.76. The smallest absolute Gasteiger partial charge is 0.323 e. The van der Waals surface area contributed by atoms with E-state index in [0.29, 0.717) is 0 Å². The van der Waals surface area contributed by atoms with E-state index in [0.717, 1.165) is 5.56 Å². The monoisotopic (exact) mass is 309 g/mol. The molecule has 3 N–H and O–H groups in total. The fourth-order valence-electron chi connectivity index (χ4n) is 1.94. The van der Waals surface area contributed by atoms with Gasteiger partial charge >= 0.3 is 11.9 Å². The molecule has 0 aliphatic heterocycles. The van der Waals surface area contributed by atoms with Crippen molar-refractivity contribution in [3.8, 4) is 0 Å². The minimum atomic E-state index is -1.45. The maximum Gasteiger partial charge on any atom is 0.323 e. The van der Waals surface area contributed by atoms with Gasteiger partial charge in [-0.3, -0.25) is 9.59 Å². The van der Waals surface area contributed by atoms with Gasteiger partial charge in [0.1, 0.15) is 6.61 Å². The third-order valence-electron chi connectivity index (χ3n) is 2.85. The van der Waals surface area contributed by atoms with Crippen LogP contribution in [0.5, 0.6) is 0 Å². The number of carbonyl (C=O) groups is 2. The van der Waals surface area contributed by atoms with E-state index in [4.69, 9.17) is 15.2 Å². The molecular weight excluding hydrogens is 286 g/mol. The molecule has 1 aromatic rings. The van der Waals surface area contributed by atoms with Crippen molar-refractivity contribution in [1.29, 1.82) is 0 Å². The van der Waals surface area contributed by atoms with Crippen molar-refractivity contribution < 1.29 is 24.2 Å². The van der Waals surface area contributed by atoms with E-state index >= 15 is 0 Å². The van der Waals surface area contributed by atoms with E-state index in [2.05, 4.69) is 0 Å². The number of carboxylic acid groups (broad SMARTS) is 1. The number of ether oxygens (including phenoxy) is 2. The van der Waals surface area contributed by atoms with E-state index in [1.54, 1.807) is 32.9 Å². The normalized spacial score (nSPS) is 14.2. The molecule has 22 heavy (non-hydrogen) atoms. The molecule has 0 fully saturated rings. The van der Waals surface area contributed by atoms with Crippen molar-refractivity contribution in [2.75, 3.05) is 6.54 Å². The summed E-state index contributed by atoms with van der Waals surface area (Å²) in [4.78, 5) is 23.5. The predicted molar refractivity (Wildman–Crippen MR) is 81.0 cm³/mol. The van der Waals surface area contributed by atoms with E-state index in [-0.39, 0.29) is 13.2 Å². The van der Waals surface area contributed by atoms with E-state index in [1.807, 2.05) is 18.2 Å². The maximum atomic E-state index is 12.1. The lowest BCUT2D eigenvalue weighted by atomic mass is 10.0. The first-order valence-corrected chi connectivity index (χ1v) is 7.06. The molecule has 0 aliphatic carbocycles. The molecule has 0 radical (unpaired) electrons. The van der Waals surface area contributed by atoms with Gasteiger partial charge in [0.15, 0.2) is 5.92 Å². The van der Waals surface area contributed by atoms with Crippen molar-refractivity contribution in [3.63, 3.8) is 0 Å². The molecule has 6 heteroatoms. The Bertz CT molecular complexity index is 495. The topological polar surface area (TPSA) is 98.9 Å². The van der Waals surface area contributed by atoms with Gasteiger partial charge in [0.25, 0.3) is 0 Å². The van der Waals surface area contributed by atoms with E-state index < -0.39 is 29.6 Å². The first-order valence-electron chi connectivity index (χ1n) is 7.06. The van der Waals surface area contributed by atoms with Gasteiger partial charge in [-0.1, -0.05) is 30.3 Å². The Hall–Kier alpha value is -1.92. The van der Waals surface area contributed by atoms with Crippen LogP contribution in [0.2, 0.25) is 0 Å². The summed E-state index contributed by atoms with van der Waals surface area (Å²) in [7, 11) is 0. The van der Waals surface area contributed by atoms with Crippen molar-refractivity contribution in [2.45, 2.75) is 39.1 Å². The zero-order valence-electron chi connectivity index (χ0n) is 13.1. The summed E-state index contributed by atoms with van der Waals surface area (Å²) in [6.07, 6.45) is -0.944. The van der Waals surface area contributed by atoms with Gasteiger partial charge in [-0.25, -0.2) is 0 Å². The van der Waals surface area contributed by atoms with Crippen LogP contribution in [0.4, 0.5) is 0 Å². The molecule has 1 rings (SSSR count). The summed E-state index contributed by atoms with van der Waals surface area (Å²) in [6, 6.07) is 9.03. The van der Waals surface area contributed by atoms with Gasteiger partial charge in [0, 0.05) is 6.54 Å². The molecule has 0 aromatic heterocycles. The minimum Gasteiger partial charge on any atom is -0.481 e. The Morgan fingerprint density at radius 3 is 2.27 bits per heavy atom. The van der Waals surface area contributed by atoms with Gasteiger partial charge in [-0.2, -0.15) is 0 Å². The fraction of sp³-hybridized carbons (Fsp3) is 0.500. The van der Waals surface area contributed by atoms with Crippen molar-refractivity contribution >= 4 is 11.9 Å². The molecule has 0 spiro atoms. The standard InChI is InChI=1S/C16H23NO5/c1-16(2,3)22-12(9-17)13(14(18)19)15(20)21-10-11-7-5-4-6-8-11/h4-8,12-13H,9-10,17H2,1-3H3,(H,18,19). The number of carboxylic acids is 1. The largest absolute Gasteiger partial charge is 0.481 e. The van der Waals surface area contributed by atoms with Crippen LogP contribution in [-0.2, 0) is 25.7 Å². The van der Waals surface area contributed by atoms with Gasteiger partial charge < -0.3 is 20.3 Å². The summed E-state index contributed by atoms with van der Waals surface area (Å²) in [5, 5.41) is 9.30. The number of nitrogens with two attached hydrogens (primary N) is 1. The van der Waals surface area contributed by atoms with Gasteiger partial charge in [-0.05, 0) is 26.3 Å². The van der Waals surface area contributed by atoms with E-state index in [9.17, 15) is 14.7 Å². The molecule has 6 nitrogen and oxygen atoms in total. The molecule has 1 aromatic carbocycles. The van der Waals surface area contributed by atoms with Crippen LogP contribution in [0.1, 0.15) is 26.3 Å². The highest BCUT2D eigenvalue weighted by atomic mass is 16.5. The van der Waals surface area contributed by atoms with E-state index in [1.165, 1.54) is 0 Å². The second-order valence-corrected chi connectivity index (χ2v) is 5.91. The van der Waals surface area contributed by atoms with Crippen LogP contribution >= 0.6 is 0 Å². The summed E-state index contributed by atoms with van der Waals surface area (Å²) in [5.74, 6) is -3.61. The van der Waals surface area contributed by atoms with Crippen LogP contribution in [0.25, 0.3) is 0 Å². The number of aliphatic carboxylic acids is 1. The summed E-state index contributed by atoms with van der Waals surface area (Å²) < 4.78 is 10.7. The second kappa shape index (κ2) is 7.91. The summed E-state index contributed by atoms with van der Waals surface area (Å²) in [6.45, 7) is 5.22. The Kier molecular flexibility index (Phi) is 6.52. The first-order chi connectivity index (χ1) is 10.2. The number of hydrogen-bond acceptors (Lipinski definition) is 5. The molecule has 122 valence electrons. The number of rotatable bonds is 7. The van der Waals surface area contributed by atoms with Crippen molar-refractivity contribution in [3.05, 3.63) is 35.9 Å². The second-order valence-electron chi connectivity index (χ2n) is 5.91. The zero-order valence-corrected chi connectivity index (χ0v) is 13.1. The molecule has 0 heterocycles. The van der Waals surface area contributed by atoms with Gasteiger partial charge in [0.05, 0.1) is 11.7 Å². The summed E-state index contributed by atoms with van der Waals surface area (Å²) >= 11 is 0. The fourth-order valence-corrected chi connectivity index (χ4v) is 1.94. The van der Waals surface area contributed by atoms with Crippen LogP contribution in [0.15, 0.2) is 30.3 Å². The Labute approximate surface area is 130 Å². The Morgan fingerprint density at radius 1 is 1.23 bits per heavy atom. The first kappa shape index (κ1) is 18.1. The maximum absolute atomic E-state index is 12.1. The van der Waals surface area contributed by atoms with Crippen LogP contribution in [-0.4, -0.2) is 35.3 Å². The lowest BCUT2D eigenvalue weighted by Crippen LogP contribution is -2.45. The molecule has 0 saturated heterocycles. The number of carbonyl (C=O) groups excluding carboxylic acids is 1. The lowest BCUT2D eigenvalue weighted by molar-refractivity contribution is -0.172. The number of hydrogen-bond donors (Lipinski definition) is 2. The highest BCUT2D eigenvalue weighted by Crippen LogP contribution is 2.18. The average molecular weight is 309 g/mol. The third-order valence-corrected chi connectivity index (χ3v) is 2.85. The third kappa shape index (κ3) is 5.83. The van der Waals surface area contributed by atoms with Crippen LogP contribution in [0.3, 0.4) is 0 Å². The molecule has 0 bridgehead atoms. The molecule has 0 aliphatic rings. The summed E-state index contributed by atoms with van der Waals surface area (Å²) in [5.41, 5.74) is 5.73. The van der Waals surface area contributed by atoms with Crippen LogP contribution in [0, 0.1) is 5.92 Å². The quantitative estimate of drug-likeness (QED) is 0.586. The van der Waals surface area contributed by atoms with Crippen molar-refractivity contribution in [1.82, 2.24) is 0 Å². The highest BCUT2D eigenvalue weighted by molar-refractivity contribution is 5.94. The minimum absolute atomic E-state index is 0.0102. The average Bonchev–Trinajstić information content (AvgIpc) is 2.43. The number of esters is 1. The van der Waals surface area contributed by atoms with Gasteiger partial charge in [-0.15, -0.1) is 0 Å². The SMILES string of the molecule is CC(C)(C)OC(CN)C(C(=O)O)C(=O)OCc1ccccc1. The Morgan fingerprint density at radius 2 is 1.82 bits per heavy atom. The zero-order chi connectivity index (χ0) is 16.8. The molecule has 2 atom stereocenters. The number of benzene rings is 1. The highest BCUT2D eigenvalue weighted by Gasteiger charge is 2.38. The molecule has 2 unspecified atom stereocenters. The molecular formula is C16H23NO5.